The molecule has 1 rings (SSSR count). The number of hydrogen-bond acceptors (Lipinski definition) is 4. The third-order valence-corrected chi connectivity index (χ3v) is 4.79. The number of aliphatic imine (C=N–C) groups is 1. The fourth-order valence-corrected chi connectivity index (χ4v) is 3.30. The molecule has 1 saturated heterocycles. The second kappa shape index (κ2) is 12.3. The van der Waals surface area contributed by atoms with Crippen molar-refractivity contribution in [2.24, 2.45) is 4.99 Å². The van der Waals surface area contributed by atoms with Crippen molar-refractivity contribution >= 4 is 39.8 Å². The first kappa shape index (κ1) is 22.9. The van der Waals surface area contributed by atoms with Gasteiger partial charge in [-0.1, -0.05) is 6.92 Å². The molecule has 1 aliphatic heterocycles. The van der Waals surface area contributed by atoms with Crippen LogP contribution in [0, 0.1) is 0 Å². The molecule has 6 nitrogen and oxygen atoms in total. The molecule has 1 heterocycles. The third-order valence-electron chi connectivity index (χ3n) is 3.76. The van der Waals surface area contributed by atoms with Gasteiger partial charge in [-0.15, -0.1) is 24.0 Å². The van der Waals surface area contributed by atoms with Crippen molar-refractivity contribution in [2.45, 2.75) is 45.6 Å². The van der Waals surface area contributed by atoms with E-state index in [1.165, 1.54) is 19.2 Å². The maximum Gasteiger partial charge on any atom is 0.191 e. The van der Waals surface area contributed by atoms with Crippen LogP contribution in [0.2, 0.25) is 0 Å². The summed E-state index contributed by atoms with van der Waals surface area (Å²) in [5, 5.41) is 6.72. The number of nitrogens with one attached hydrogen (secondary N) is 2. The van der Waals surface area contributed by atoms with Gasteiger partial charge in [0.25, 0.3) is 0 Å². The van der Waals surface area contributed by atoms with E-state index in [0.717, 1.165) is 38.4 Å². The summed E-state index contributed by atoms with van der Waals surface area (Å²) >= 11 is 0. The number of hydrogen-bond donors (Lipinski definition) is 2. The van der Waals surface area contributed by atoms with Gasteiger partial charge in [-0.3, -0.25) is 4.99 Å². The van der Waals surface area contributed by atoms with Crippen molar-refractivity contribution in [3.05, 3.63) is 0 Å². The molecule has 0 saturated carbocycles. The molecule has 0 aromatic carbocycles. The summed E-state index contributed by atoms with van der Waals surface area (Å²) in [5.74, 6) is 1.01. The second-order valence-corrected chi connectivity index (χ2v) is 8.26. The molecule has 1 aliphatic rings. The van der Waals surface area contributed by atoms with E-state index in [1.54, 1.807) is 0 Å². The van der Waals surface area contributed by atoms with Crippen molar-refractivity contribution in [2.75, 3.05) is 44.7 Å². The van der Waals surface area contributed by atoms with Gasteiger partial charge in [-0.05, 0) is 39.2 Å². The molecule has 0 spiro atoms. The quantitative estimate of drug-likeness (QED) is 0.249. The molecule has 0 amide bonds. The predicted molar refractivity (Wildman–Crippen MR) is 109 cm³/mol. The number of rotatable bonds is 8. The van der Waals surface area contributed by atoms with Crippen molar-refractivity contribution in [3.8, 4) is 0 Å². The van der Waals surface area contributed by atoms with Crippen LogP contribution in [0.15, 0.2) is 4.99 Å². The molecule has 0 aliphatic carbocycles. The van der Waals surface area contributed by atoms with Crippen molar-refractivity contribution in [3.63, 3.8) is 0 Å². The van der Waals surface area contributed by atoms with E-state index >= 15 is 0 Å². The minimum absolute atomic E-state index is 0. The summed E-state index contributed by atoms with van der Waals surface area (Å²) in [4.78, 5) is 6.99. The summed E-state index contributed by atoms with van der Waals surface area (Å²) in [6.07, 6.45) is 5.32. The Morgan fingerprint density at radius 1 is 1.26 bits per heavy atom. The highest BCUT2D eigenvalue weighted by molar-refractivity contribution is 14.0. The minimum atomic E-state index is -2.89. The van der Waals surface area contributed by atoms with E-state index in [0.29, 0.717) is 19.0 Å². The van der Waals surface area contributed by atoms with Gasteiger partial charge in [0.15, 0.2) is 5.96 Å². The summed E-state index contributed by atoms with van der Waals surface area (Å²) in [6.45, 7) is 9.07. The number of likely N-dealkylation sites (tertiary alicyclic amines) is 1. The molecular weight excluding hydrogens is 427 g/mol. The predicted octanol–water partition coefficient (Wildman–Crippen LogP) is 1.47. The van der Waals surface area contributed by atoms with Gasteiger partial charge in [-0.2, -0.15) is 0 Å². The van der Waals surface area contributed by atoms with E-state index in [2.05, 4.69) is 27.4 Å². The largest absolute Gasteiger partial charge is 0.357 e. The Bertz CT molecular complexity index is 435. The topological polar surface area (TPSA) is 73.8 Å². The monoisotopic (exact) mass is 460 g/mol. The maximum atomic E-state index is 11.1. The van der Waals surface area contributed by atoms with E-state index < -0.39 is 9.84 Å². The normalized spacial score (nSPS) is 17.6. The number of halogens is 1. The molecule has 0 aromatic heterocycles. The van der Waals surface area contributed by atoms with Crippen LogP contribution in [-0.2, 0) is 9.84 Å². The molecule has 0 radical (unpaired) electrons. The van der Waals surface area contributed by atoms with Gasteiger partial charge in [0.1, 0.15) is 9.84 Å². The average Bonchev–Trinajstić information content (AvgIpc) is 2.45. The fourth-order valence-electron chi connectivity index (χ4n) is 2.65. The lowest BCUT2D eigenvalue weighted by Crippen LogP contribution is -2.48. The Balaban J connectivity index is 0.00000484. The standard InChI is InChI=1S/C15H32N4O2S.HI/c1-4-10-19-11-7-14(8-12-19)18-15(16-5-2)17-9-6-13-22(3,20)21;/h14H,4-13H2,1-3H3,(H2,16,17,18);1H. The molecule has 0 aromatic rings. The van der Waals surface area contributed by atoms with Crippen LogP contribution in [0.1, 0.15) is 39.5 Å². The molecule has 0 bridgehead atoms. The smallest absolute Gasteiger partial charge is 0.191 e. The number of nitrogens with zero attached hydrogens (tertiary/aromatic N) is 2. The van der Waals surface area contributed by atoms with Gasteiger partial charge in [0, 0.05) is 38.5 Å². The van der Waals surface area contributed by atoms with Gasteiger partial charge in [-0.25, -0.2) is 8.42 Å². The van der Waals surface area contributed by atoms with Crippen LogP contribution < -0.4 is 10.6 Å². The first-order chi connectivity index (χ1) is 10.4. The Morgan fingerprint density at radius 3 is 2.43 bits per heavy atom. The van der Waals surface area contributed by atoms with E-state index in [4.69, 9.17) is 0 Å². The fraction of sp³-hybridized carbons (Fsp3) is 0.933. The second-order valence-electron chi connectivity index (χ2n) is 6.00. The first-order valence-electron chi connectivity index (χ1n) is 8.39. The molecule has 0 unspecified atom stereocenters. The first-order valence-corrected chi connectivity index (χ1v) is 10.5. The van der Waals surface area contributed by atoms with E-state index in [1.807, 2.05) is 6.92 Å². The Hall–Kier alpha value is -0.0900. The zero-order valence-electron chi connectivity index (χ0n) is 14.7. The zero-order chi connectivity index (χ0) is 16.4. The maximum absolute atomic E-state index is 11.1. The number of sulfone groups is 1. The van der Waals surface area contributed by atoms with E-state index in [9.17, 15) is 8.42 Å². The summed E-state index contributed by atoms with van der Waals surface area (Å²) in [6, 6.07) is 0.459. The third kappa shape index (κ3) is 11.1. The molecule has 1 fully saturated rings. The van der Waals surface area contributed by atoms with Gasteiger partial charge < -0.3 is 15.5 Å². The van der Waals surface area contributed by atoms with Gasteiger partial charge >= 0.3 is 0 Å². The lowest BCUT2D eigenvalue weighted by Gasteiger charge is -2.32. The van der Waals surface area contributed by atoms with Crippen molar-refractivity contribution < 1.29 is 8.42 Å². The molecule has 0 atom stereocenters. The van der Waals surface area contributed by atoms with Crippen molar-refractivity contribution in [1.29, 1.82) is 0 Å². The van der Waals surface area contributed by atoms with Crippen LogP contribution >= 0.6 is 24.0 Å². The van der Waals surface area contributed by atoms with E-state index in [-0.39, 0.29) is 29.7 Å². The van der Waals surface area contributed by atoms with Crippen LogP contribution in [0.25, 0.3) is 0 Å². The lowest BCUT2D eigenvalue weighted by atomic mass is 10.1. The Kier molecular flexibility index (Phi) is 12.2. The van der Waals surface area contributed by atoms with Gasteiger partial charge in [0.05, 0.1) is 5.75 Å². The van der Waals surface area contributed by atoms with Crippen molar-refractivity contribution in [1.82, 2.24) is 15.5 Å². The lowest BCUT2D eigenvalue weighted by molar-refractivity contribution is 0.206. The average molecular weight is 460 g/mol. The Labute approximate surface area is 158 Å². The summed E-state index contributed by atoms with van der Waals surface area (Å²) in [7, 11) is -2.89. The van der Waals surface area contributed by atoms with Crippen LogP contribution in [-0.4, -0.2) is 70.1 Å². The highest BCUT2D eigenvalue weighted by Gasteiger charge is 2.19. The van der Waals surface area contributed by atoms with Crippen LogP contribution in [0.3, 0.4) is 0 Å². The number of guanidine groups is 1. The van der Waals surface area contributed by atoms with Crippen LogP contribution in [0.4, 0.5) is 0 Å². The molecule has 8 heteroatoms. The summed E-state index contributed by atoms with van der Waals surface area (Å²) < 4.78 is 22.2. The molecule has 138 valence electrons. The SMILES string of the molecule is CCCN1CCC(NC(=NCCCS(C)(=O)=O)NCC)CC1.I. The highest BCUT2D eigenvalue weighted by atomic mass is 127. The highest BCUT2D eigenvalue weighted by Crippen LogP contribution is 2.10. The summed E-state index contributed by atoms with van der Waals surface area (Å²) in [5.41, 5.74) is 0. The molecule has 2 N–H and O–H groups in total. The van der Waals surface area contributed by atoms with Crippen LogP contribution in [0.5, 0.6) is 0 Å². The molecular formula is C15H33IN4O2S. The van der Waals surface area contributed by atoms with Gasteiger partial charge in [0.2, 0.25) is 0 Å². The zero-order valence-corrected chi connectivity index (χ0v) is 17.8. The number of piperidine rings is 1. The minimum Gasteiger partial charge on any atom is -0.357 e. The Morgan fingerprint density at radius 2 is 1.91 bits per heavy atom. The molecule has 23 heavy (non-hydrogen) atoms.